The summed E-state index contributed by atoms with van der Waals surface area (Å²) >= 11 is 13.1. The first-order valence-electron chi connectivity index (χ1n) is 5.40. The Balaban J connectivity index is 2.25. The SMILES string of the molecule is O=[N+]([O-])c1cc(Cl)ccc1-c1cc2ncnc(Cl)c2s1. The summed E-state index contributed by atoms with van der Waals surface area (Å²) in [5.41, 5.74) is 1.10. The summed E-state index contributed by atoms with van der Waals surface area (Å²) < 4.78 is 0.702. The average molecular weight is 326 g/mol. The van der Waals surface area contributed by atoms with Crippen LogP contribution in [0.15, 0.2) is 30.6 Å². The molecule has 0 spiro atoms. The molecule has 20 heavy (non-hydrogen) atoms. The predicted molar refractivity (Wildman–Crippen MR) is 79.5 cm³/mol. The van der Waals surface area contributed by atoms with Gasteiger partial charge in [0.2, 0.25) is 0 Å². The number of rotatable bonds is 2. The molecule has 100 valence electrons. The molecule has 5 nitrogen and oxygen atoms in total. The van der Waals surface area contributed by atoms with Crippen molar-refractivity contribution in [2.24, 2.45) is 0 Å². The van der Waals surface area contributed by atoms with Gasteiger partial charge < -0.3 is 0 Å². The molecular formula is C12H5Cl2N3O2S. The highest BCUT2D eigenvalue weighted by Crippen LogP contribution is 2.40. The normalized spacial score (nSPS) is 10.9. The summed E-state index contributed by atoms with van der Waals surface area (Å²) in [7, 11) is 0. The van der Waals surface area contributed by atoms with Gasteiger partial charge in [-0.25, -0.2) is 9.97 Å². The van der Waals surface area contributed by atoms with Crippen molar-refractivity contribution in [1.29, 1.82) is 0 Å². The number of benzene rings is 1. The Kier molecular flexibility index (Phi) is 3.29. The molecule has 0 aliphatic rings. The molecule has 0 N–H and O–H groups in total. The summed E-state index contributed by atoms with van der Waals surface area (Å²) in [6, 6.07) is 6.31. The van der Waals surface area contributed by atoms with Crippen LogP contribution in [0.25, 0.3) is 20.7 Å². The van der Waals surface area contributed by atoms with Gasteiger partial charge >= 0.3 is 0 Å². The Morgan fingerprint density at radius 2 is 2.00 bits per heavy atom. The van der Waals surface area contributed by atoms with Crippen molar-refractivity contribution in [2.45, 2.75) is 0 Å². The van der Waals surface area contributed by atoms with Crippen LogP contribution in [-0.2, 0) is 0 Å². The van der Waals surface area contributed by atoms with E-state index in [9.17, 15) is 10.1 Å². The van der Waals surface area contributed by atoms with Gasteiger partial charge in [-0.15, -0.1) is 11.3 Å². The van der Waals surface area contributed by atoms with Crippen molar-refractivity contribution in [3.8, 4) is 10.4 Å². The maximum absolute atomic E-state index is 11.1. The van der Waals surface area contributed by atoms with Crippen molar-refractivity contribution < 1.29 is 4.92 Å². The third kappa shape index (κ3) is 2.22. The van der Waals surface area contributed by atoms with Crippen molar-refractivity contribution in [2.75, 3.05) is 0 Å². The van der Waals surface area contributed by atoms with E-state index in [2.05, 4.69) is 9.97 Å². The molecular weight excluding hydrogens is 321 g/mol. The van der Waals surface area contributed by atoms with Crippen molar-refractivity contribution >= 4 is 50.4 Å². The van der Waals surface area contributed by atoms with E-state index in [1.807, 2.05) is 0 Å². The molecule has 2 aromatic heterocycles. The van der Waals surface area contributed by atoms with Gasteiger partial charge in [-0.05, 0) is 18.2 Å². The molecule has 0 fully saturated rings. The zero-order valence-electron chi connectivity index (χ0n) is 9.71. The lowest BCUT2D eigenvalue weighted by atomic mass is 10.1. The second kappa shape index (κ2) is 4.97. The van der Waals surface area contributed by atoms with Gasteiger partial charge in [0.05, 0.1) is 20.7 Å². The molecule has 2 heterocycles. The van der Waals surface area contributed by atoms with E-state index < -0.39 is 4.92 Å². The minimum atomic E-state index is -0.459. The van der Waals surface area contributed by atoms with Crippen LogP contribution in [-0.4, -0.2) is 14.9 Å². The van der Waals surface area contributed by atoms with Crippen LogP contribution in [0.3, 0.4) is 0 Å². The van der Waals surface area contributed by atoms with Gasteiger partial charge in [0.25, 0.3) is 5.69 Å². The first-order valence-corrected chi connectivity index (χ1v) is 6.98. The molecule has 1 aromatic carbocycles. The van der Waals surface area contributed by atoms with Gasteiger partial charge in [-0.2, -0.15) is 0 Å². The highest BCUT2D eigenvalue weighted by Gasteiger charge is 2.19. The topological polar surface area (TPSA) is 68.9 Å². The summed E-state index contributed by atoms with van der Waals surface area (Å²) in [6.45, 7) is 0. The molecule has 8 heteroatoms. The number of nitro groups is 1. The van der Waals surface area contributed by atoms with Crippen LogP contribution in [0.5, 0.6) is 0 Å². The molecule has 0 aliphatic carbocycles. The van der Waals surface area contributed by atoms with Gasteiger partial charge in [-0.1, -0.05) is 23.2 Å². The van der Waals surface area contributed by atoms with E-state index in [4.69, 9.17) is 23.2 Å². The Morgan fingerprint density at radius 3 is 2.70 bits per heavy atom. The first-order chi connectivity index (χ1) is 9.56. The highest BCUT2D eigenvalue weighted by molar-refractivity contribution is 7.22. The molecule has 0 unspecified atom stereocenters. The quantitative estimate of drug-likeness (QED) is 0.393. The fourth-order valence-corrected chi connectivity index (χ4v) is 3.27. The zero-order chi connectivity index (χ0) is 14.3. The maximum Gasteiger partial charge on any atom is 0.279 e. The van der Waals surface area contributed by atoms with E-state index >= 15 is 0 Å². The van der Waals surface area contributed by atoms with Crippen LogP contribution < -0.4 is 0 Å². The number of hydrogen-bond acceptors (Lipinski definition) is 5. The van der Waals surface area contributed by atoms with Crippen molar-refractivity contribution in [1.82, 2.24) is 9.97 Å². The minimum absolute atomic E-state index is 0.0480. The second-order valence-corrected chi connectivity index (χ2v) is 5.75. The number of thiophene rings is 1. The fourth-order valence-electron chi connectivity index (χ4n) is 1.82. The number of halogens is 2. The summed E-state index contributed by atoms with van der Waals surface area (Å²) in [4.78, 5) is 19.4. The third-order valence-corrected chi connectivity index (χ3v) is 4.49. The van der Waals surface area contributed by atoms with Crippen molar-refractivity contribution in [3.05, 3.63) is 50.9 Å². The van der Waals surface area contributed by atoms with Crippen LogP contribution in [0.2, 0.25) is 10.2 Å². The molecule has 0 saturated carbocycles. The Hall–Kier alpha value is -1.76. The van der Waals surface area contributed by atoms with Gasteiger partial charge in [0, 0.05) is 16.0 Å². The monoisotopic (exact) mass is 325 g/mol. The van der Waals surface area contributed by atoms with Crippen LogP contribution >= 0.6 is 34.5 Å². The fraction of sp³-hybridized carbons (Fsp3) is 0. The number of fused-ring (bicyclic) bond motifs is 1. The Labute approximate surface area is 127 Å². The summed E-state index contributed by atoms with van der Waals surface area (Å²) in [5.74, 6) is 0. The number of nitrogens with zero attached hydrogens (tertiary/aromatic N) is 3. The molecule has 0 saturated heterocycles. The van der Waals surface area contributed by atoms with Crippen LogP contribution in [0, 0.1) is 10.1 Å². The Morgan fingerprint density at radius 1 is 1.20 bits per heavy atom. The van der Waals surface area contributed by atoms with Crippen molar-refractivity contribution in [3.63, 3.8) is 0 Å². The number of aromatic nitrogens is 2. The van der Waals surface area contributed by atoms with Gasteiger partial charge in [-0.3, -0.25) is 10.1 Å². The van der Waals surface area contributed by atoms with Gasteiger partial charge in [0.15, 0.2) is 0 Å². The summed E-state index contributed by atoms with van der Waals surface area (Å²) in [5, 5.41) is 11.8. The largest absolute Gasteiger partial charge is 0.279 e. The minimum Gasteiger partial charge on any atom is -0.258 e. The molecule has 3 rings (SSSR count). The lowest BCUT2D eigenvalue weighted by Gasteiger charge is -2.00. The standard InChI is InChI=1S/C12H5Cl2N3O2S/c13-6-1-2-7(9(3-6)17(18)19)10-4-8-11(20-10)12(14)16-5-15-8/h1-5H. The van der Waals surface area contributed by atoms with E-state index in [0.717, 1.165) is 0 Å². The molecule has 0 bridgehead atoms. The van der Waals surface area contributed by atoms with E-state index in [-0.39, 0.29) is 5.69 Å². The van der Waals surface area contributed by atoms with Crippen LogP contribution in [0.1, 0.15) is 0 Å². The zero-order valence-corrected chi connectivity index (χ0v) is 12.0. The summed E-state index contributed by atoms with van der Waals surface area (Å²) in [6.07, 6.45) is 1.36. The Bertz CT molecular complexity index is 835. The lowest BCUT2D eigenvalue weighted by Crippen LogP contribution is -1.90. The molecule has 0 aliphatic heterocycles. The van der Waals surface area contributed by atoms with Crippen LogP contribution in [0.4, 0.5) is 5.69 Å². The third-order valence-electron chi connectivity index (χ3n) is 2.69. The molecule has 0 atom stereocenters. The molecule has 0 radical (unpaired) electrons. The van der Waals surface area contributed by atoms with E-state index in [0.29, 0.717) is 30.8 Å². The highest BCUT2D eigenvalue weighted by atomic mass is 35.5. The molecule has 0 amide bonds. The maximum atomic E-state index is 11.1. The van der Waals surface area contributed by atoms with Gasteiger partial charge in [0.1, 0.15) is 11.5 Å². The molecule has 3 aromatic rings. The second-order valence-electron chi connectivity index (χ2n) is 3.91. The smallest absolute Gasteiger partial charge is 0.258 e. The predicted octanol–water partition coefficient (Wildman–Crippen LogP) is 4.57. The van der Waals surface area contributed by atoms with E-state index in [1.54, 1.807) is 18.2 Å². The first kappa shape index (κ1) is 13.2. The number of nitro benzene ring substituents is 1. The average Bonchev–Trinajstić information content (AvgIpc) is 2.84. The van der Waals surface area contributed by atoms with E-state index in [1.165, 1.54) is 23.7 Å². The number of hydrogen-bond donors (Lipinski definition) is 0. The lowest BCUT2D eigenvalue weighted by molar-refractivity contribution is -0.384.